The third-order valence-corrected chi connectivity index (χ3v) is 14.1. The minimum atomic E-state index is -0.0362. The van der Waals surface area contributed by atoms with Gasteiger partial charge in [0.05, 0.1) is 0 Å². The van der Waals surface area contributed by atoms with Gasteiger partial charge < -0.3 is 0 Å². The van der Waals surface area contributed by atoms with Gasteiger partial charge in [0.2, 0.25) is 0 Å². The molecule has 0 nitrogen and oxygen atoms in total. The Morgan fingerprint density at radius 2 is 0.483 bits per heavy atom. The molecule has 0 heteroatoms. The van der Waals surface area contributed by atoms with E-state index in [-0.39, 0.29) is 10.8 Å². The second-order valence-corrected chi connectivity index (χ2v) is 16.5. The highest BCUT2D eigenvalue weighted by molar-refractivity contribution is 5.89. The molecule has 58 heavy (non-hydrogen) atoms. The summed E-state index contributed by atoms with van der Waals surface area (Å²) in [5, 5.41) is 0. The van der Waals surface area contributed by atoms with E-state index in [1.54, 1.807) is 0 Å². The molecule has 0 atom stereocenters. The molecule has 0 bridgehead atoms. The van der Waals surface area contributed by atoms with Crippen molar-refractivity contribution in [2.45, 2.75) is 64.2 Å². The Morgan fingerprint density at radius 3 is 0.759 bits per heavy atom. The first-order valence-corrected chi connectivity index (χ1v) is 21.4. The van der Waals surface area contributed by atoms with Gasteiger partial charge in [-0.3, -0.25) is 0 Å². The molecule has 282 valence electrons. The molecular formula is C58H50. The Hall–Kier alpha value is -6.24. The van der Waals surface area contributed by atoms with Gasteiger partial charge in [0, 0.05) is 10.8 Å². The lowest BCUT2D eigenvalue weighted by atomic mass is 9.72. The molecule has 8 aromatic rings. The van der Waals surface area contributed by atoms with Crippen LogP contribution in [-0.2, 0) is 10.8 Å². The number of fused-ring (bicyclic) bond motifs is 6. The number of hydrogen-bond acceptors (Lipinski definition) is 0. The summed E-state index contributed by atoms with van der Waals surface area (Å²) in [5.41, 5.74) is 24.1. The summed E-state index contributed by atoms with van der Waals surface area (Å²) in [7, 11) is 0. The number of rotatable bonds is 9. The molecule has 10 rings (SSSR count). The van der Waals surface area contributed by atoms with Gasteiger partial charge in [-0.1, -0.05) is 173 Å². The Balaban J connectivity index is 1.02. The van der Waals surface area contributed by atoms with Gasteiger partial charge in [-0.15, -0.1) is 0 Å². The predicted octanol–water partition coefficient (Wildman–Crippen LogP) is 16.2. The average Bonchev–Trinajstić information content (AvgIpc) is 3.75. The molecule has 0 spiro atoms. The minimum Gasteiger partial charge on any atom is -0.0642 e. The van der Waals surface area contributed by atoms with E-state index >= 15 is 0 Å². The zero-order valence-electron chi connectivity index (χ0n) is 34.1. The van der Waals surface area contributed by atoms with Crippen molar-refractivity contribution in [3.8, 4) is 77.9 Å². The molecule has 0 heterocycles. The van der Waals surface area contributed by atoms with Gasteiger partial charge in [0.15, 0.2) is 0 Å². The summed E-state index contributed by atoms with van der Waals surface area (Å²) < 4.78 is 0. The number of benzene rings is 8. The second kappa shape index (κ2) is 14.3. The van der Waals surface area contributed by atoms with Crippen molar-refractivity contribution < 1.29 is 0 Å². The SMILES string of the molecule is CCC1(CC)c2cc(-c3cccc(-c4ccccc4)c3)ccc2-c2ccc(-c3ccc4c(c3)C(CC)(CC)c3cc(-c5cccc(-c6ccccc6)c5)ccc3-4)cc21. The fourth-order valence-electron chi connectivity index (χ4n) is 10.8. The highest BCUT2D eigenvalue weighted by Crippen LogP contribution is 2.56. The van der Waals surface area contributed by atoms with Crippen molar-refractivity contribution >= 4 is 0 Å². The zero-order valence-corrected chi connectivity index (χ0v) is 34.1. The molecule has 0 fully saturated rings. The van der Waals surface area contributed by atoms with Crippen LogP contribution in [0.1, 0.15) is 75.6 Å². The van der Waals surface area contributed by atoms with E-state index < -0.39 is 0 Å². The van der Waals surface area contributed by atoms with Crippen LogP contribution in [0.2, 0.25) is 0 Å². The molecule has 0 aromatic heterocycles. The Kier molecular flexibility index (Phi) is 8.90. The lowest BCUT2D eigenvalue weighted by Crippen LogP contribution is -2.23. The van der Waals surface area contributed by atoms with Crippen molar-refractivity contribution in [1.29, 1.82) is 0 Å². The normalized spacial score (nSPS) is 14.1. The highest BCUT2D eigenvalue weighted by atomic mass is 14.5. The molecule has 8 aromatic carbocycles. The number of hydrogen-bond donors (Lipinski definition) is 0. The summed E-state index contributed by atoms with van der Waals surface area (Å²) in [4.78, 5) is 0. The third kappa shape index (κ3) is 5.57. The summed E-state index contributed by atoms with van der Waals surface area (Å²) in [6.45, 7) is 9.53. The molecule has 0 saturated carbocycles. The molecule has 0 amide bonds. The van der Waals surface area contributed by atoms with E-state index in [0.29, 0.717) is 0 Å². The van der Waals surface area contributed by atoms with Crippen molar-refractivity contribution in [3.05, 3.63) is 204 Å². The Bertz CT molecular complexity index is 2620. The monoisotopic (exact) mass is 746 g/mol. The quantitative estimate of drug-likeness (QED) is 0.138. The molecular weight excluding hydrogens is 697 g/mol. The Morgan fingerprint density at radius 1 is 0.241 bits per heavy atom. The topological polar surface area (TPSA) is 0 Å². The van der Waals surface area contributed by atoms with Crippen LogP contribution in [0.15, 0.2) is 182 Å². The van der Waals surface area contributed by atoms with Gasteiger partial charge in [0.1, 0.15) is 0 Å². The molecule has 0 aliphatic heterocycles. The summed E-state index contributed by atoms with van der Waals surface area (Å²) >= 11 is 0. The van der Waals surface area contributed by atoms with E-state index in [9.17, 15) is 0 Å². The van der Waals surface area contributed by atoms with Crippen LogP contribution in [0.25, 0.3) is 77.9 Å². The maximum Gasteiger partial charge on any atom is 0.0210 e. The molecule has 2 aliphatic rings. The molecule has 0 N–H and O–H groups in total. The lowest BCUT2D eigenvalue weighted by Gasteiger charge is -2.31. The summed E-state index contributed by atoms with van der Waals surface area (Å²) in [6, 6.07) is 68.6. The van der Waals surface area contributed by atoms with Crippen LogP contribution in [0, 0.1) is 0 Å². The highest BCUT2D eigenvalue weighted by Gasteiger charge is 2.42. The fraction of sp³-hybridized carbons (Fsp3) is 0.172. The van der Waals surface area contributed by atoms with Crippen LogP contribution in [0.5, 0.6) is 0 Å². The second-order valence-electron chi connectivity index (χ2n) is 16.5. The fourth-order valence-corrected chi connectivity index (χ4v) is 10.8. The van der Waals surface area contributed by atoms with Crippen LogP contribution >= 0.6 is 0 Å². The van der Waals surface area contributed by atoms with Crippen LogP contribution in [0.4, 0.5) is 0 Å². The smallest absolute Gasteiger partial charge is 0.0210 e. The average molecular weight is 747 g/mol. The largest absolute Gasteiger partial charge is 0.0642 e. The third-order valence-electron chi connectivity index (χ3n) is 14.1. The van der Waals surface area contributed by atoms with E-state index in [4.69, 9.17) is 0 Å². The van der Waals surface area contributed by atoms with E-state index in [1.807, 2.05) is 0 Å². The van der Waals surface area contributed by atoms with Crippen LogP contribution < -0.4 is 0 Å². The van der Waals surface area contributed by atoms with Gasteiger partial charge in [-0.05, 0) is 162 Å². The minimum absolute atomic E-state index is 0.0362. The molecule has 0 unspecified atom stereocenters. The first-order valence-electron chi connectivity index (χ1n) is 21.4. The molecule has 0 radical (unpaired) electrons. The van der Waals surface area contributed by atoms with Crippen LogP contribution in [-0.4, -0.2) is 0 Å². The Labute approximate surface area is 344 Å². The standard InChI is InChI=1S/C58H50/c1-5-57(6-2)53-35-45(43-23-15-21-41(33-43)39-17-11-9-12-18-39)25-29-49(53)51-31-27-47(37-55(51)57)48-28-32-52-50-30-26-46(36-54(50)58(7-3,8-4)56(52)38-48)44-24-16-22-42(34-44)40-19-13-10-14-20-40/h9-38H,5-8H2,1-4H3. The van der Waals surface area contributed by atoms with Crippen molar-refractivity contribution in [1.82, 2.24) is 0 Å². The van der Waals surface area contributed by atoms with E-state index in [0.717, 1.165) is 25.7 Å². The maximum absolute atomic E-state index is 2.54. The van der Waals surface area contributed by atoms with Crippen molar-refractivity contribution in [2.24, 2.45) is 0 Å². The van der Waals surface area contributed by atoms with Crippen molar-refractivity contribution in [2.75, 3.05) is 0 Å². The van der Waals surface area contributed by atoms with Crippen LogP contribution in [0.3, 0.4) is 0 Å². The van der Waals surface area contributed by atoms with E-state index in [2.05, 4.69) is 210 Å². The summed E-state index contributed by atoms with van der Waals surface area (Å²) in [5.74, 6) is 0. The van der Waals surface area contributed by atoms with Gasteiger partial charge in [-0.2, -0.15) is 0 Å². The molecule has 0 saturated heterocycles. The maximum atomic E-state index is 2.54. The summed E-state index contributed by atoms with van der Waals surface area (Å²) in [6.07, 6.45) is 4.24. The lowest BCUT2D eigenvalue weighted by molar-refractivity contribution is 0.490. The first kappa shape index (κ1) is 36.1. The van der Waals surface area contributed by atoms with Gasteiger partial charge >= 0.3 is 0 Å². The molecule has 2 aliphatic carbocycles. The van der Waals surface area contributed by atoms with Gasteiger partial charge in [-0.25, -0.2) is 0 Å². The predicted molar refractivity (Wildman–Crippen MR) is 247 cm³/mol. The van der Waals surface area contributed by atoms with E-state index in [1.165, 1.54) is 100 Å². The first-order chi connectivity index (χ1) is 28.5. The van der Waals surface area contributed by atoms with Gasteiger partial charge in [0.25, 0.3) is 0 Å². The zero-order chi connectivity index (χ0) is 39.4. The van der Waals surface area contributed by atoms with Crippen molar-refractivity contribution in [3.63, 3.8) is 0 Å².